The summed E-state index contributed by atoms with van der Waals surface area (Å²) in [7, 11) is 0. The van der Waals surface area contributed by atoms with Crippen LogP contribution in [-0.4, -0.2) is 58.9 Å². The van der Waals surface area contributed by atoms with Crippen LogP contribution in [0.1, 0.15) is 12.8 Å². The first-order valence-corrected chi connectivity index (χ1v) is 5.69. The molecule has 10 heteroatoms. The maximum Gasteiger partial charge on any atom is 0.326 e. The molecule has 1 fully saturated rings. The van der Waals surface area contributed by atoms with E-state index >= 15 is 0 Å². The van der Waals surface area contributed by atoms with Gasteiger partial charge in [-0.1, -0.05) is 0 Å². The van der Waals surface area contributed by atoms with Gasteiger partial charge in [0.15, 0.2) is 0 Å². The SMILES string of the molecule is NC(=O)CC[C@@H](NC(=O)N1CC(=O)NC(=O)C1)C(=O)O. The number of urea groups is 1. The molecule has 1 heterocycles. The maximum absolute atomic E-state index is 11.8. The molecule has 1 aliphatic heterocycles. The molecule has 1 rings (SSSR count). The van der Waals surface area contributed by atoms with Crippen LogP contribution in [0, 0.1) is 0 Å². The molecule has 0 radical (unpaired) electrons. The second kappa shape index (κ2) is 6.50. The highest BCUT2D eigenvalue weighted by molar-refractivity contribution is 6.02. The molecule has 10 nitrogen and oxygen atoms in total. The second-order valence-electron chi connectivity index (χ2n) is 4.17. The molecule has 0 aromatic heterocycles. The zero-order valence-corrected chi connectivity index (χ0v) is 10.4. The number of carboxylic acids is 1. The summed E-state index contributed by atoms with van der Waals surface area (Å²) >= 11 is 0. The molecular formula is C10H14N4O6. The Kier molecular flexibility index (Phi) is 5.01. The largest absolute Gasteiger partial charge is 0.480 e. The number of nitrogens with one attached hydrogen (secondary N) is 2. The first-order valence-electron chi connectivity index (χ1n) is 5.69. The molecule has 0 bridgehead atoms. The average molecular weight is 286 g/mol. The van der Waals surface area contributed by atoms with Gasteiger partial charge in [0.25, 0.3) is 0 Å². The van der Waals surface area contributed by atoms with Gasteiger partial charge in [0.2, 0.25) is 17.7 Å². The Hall–Kier alpha value is -2.65. The van der Waals surface area contributed by atoms with E-state index in [2.05, 4.69) is 5.32 Å². The van der Waals surface area contributed by atoms with E-state index in [-0.39, 0.29) is 25.9 Å². The third-order valence-corrected chi connectivity index (χ3v) is 2.51. The Bertz CT molecular complexity index is 447. The van der Waals surface area contributed by atoms with Crippen LogP contribution in [0.25, 0.3) is 0 Å². The van der Waals surface area contributed by atoms with Crippen LogP contribution in [0.3, 0.4) is 0 Å². The van der Waals surface area contributed by atoms with Crippen LogP contribution >= 0.6 is 0 Å². The summed E-state index contributed by atoms with van der Waals surface area (Å²) in [4.78, 5) is 56.3. The van der Waals surface area contributed by atoms with E-state index in [4.69, 9.17) is 10.8 Å². The highest BCUT2D eigenvalue weighted by Crippen LogP contribution is 2.01. The minimum absolute atomic E-state index is 0.176. The van der Waals surface area contributed by atoms with Crippen molar-refractivity contribution in [2.75, 3.05) is 13.1 Å². The summed E-state index contributed by atoms with van der Waals surface area (Å²) in [5.74, 6) is -3.34. The number of carbonyl (C=O) groups excluding carboxylic acids is 4. The van der Waals surface area contributed by atoms with Crippen molar-refractivity contribution in [1.29, 1.82) is 0 Å². The molecule has 1 atom stereocenters. The number of carbonyl (C=O) groups is 5. The first kappa shape index (κ1) is 15.4. The Morgan fingerprint density at radius 2 is 1.85 bits per heavy atom. The lowest BCUT2D eigenvalue weighted by atomic mass is 10.1. The predicted molar refractivity (Wildman–Crippen MR) is 63.1 cm³/mol. The third-order valence-electron chi connectivity index (χ3n) is 2.51. The van der Waals surface area contributed by atoms with Gasteiger partial charge in [-0.3, -0.25) is 19.7 Å². The molecule has 0 aromatic rings. The lowest BCUT2D eigenvalue weighted by molar-refractivity contribution is -0.139. The van der Waals surface area contributed by atoms with Gasteiger partial charge in [0, 0.05) is 6.42 Å². The number of primary amides is 1. The number of imide groups is 1. The number of hydrogen-bond acceptors (Lipinski definition) is 5. The third kappa shape index (κ3) is 4.55. The van der Waals surface area contributed by atoms with Crippen molar-refractivity contribution in [2.45, 2.75) is 18.9 Å². The van der Waals surface area contributed by atoms with Gasteiger partial charge in [-0.05, 0) is 6.42 Å². The fraction of sp³-hybridized carbons (Fsp3) is 0.500. The van der Waals surface area contributed by atoms with E-state index in [9.17, 15) is 24.0 Å². The van der Waals surface area contributed by atoms with Gasteiger partial charge < -0.3 is 21.1 Å². The number of carboxylic acid groups (broad SMARTS) is 1. The van der Waals surface area contributed by atoms with Crippen molar-refractivity contribution in [2.24, 2.45) is 5.73 Å². The number of nitrogens with two attached hydrogens (primary N) is 1. The Morgan fingerprint density at radius 1 is 1.30 bits per heavy atom. The Balaban J connectivity index is 2.61. The standard InChI is InChI=1S/C10H14N4O6/c11-6(15)2-1-5(9(18)19)12-10(20)14-3-7(16)13-8(17)4-14/h5H,1-4H2,(H2,11,15)(H,12,20)(H,18,19)(H,13,16,17)/t5-/m1/s1. The summed E-state index contributed by atoms with van der Waals surface area (Å²) in [6.07, 6.45) is -0.388. The molecule has 0 saturated carbocycles. The minimum atomic E-state index is -1.34. The summed E-state index contributed by atoms with van der Waals surface area (Å²) in [6, 6.07) is -2.19. The van der Waals surface area contributed by atoms with Crippen LogP contribution in [-0.2, 0) is 19.2 Å². The zero-order chi connectivity index (χ0) is 15.3. The number of aliphatic carboxylic acids is 1. The van der Waals surface area contributed by atoms with E-state index in [0.29, 0.717) is 0 Å². The molecule has 1 aliphatic rings. The quantitative estimate of drug-likeness (QED) is 0.405. The minimum Gasteiger partial charge on any atom is -0.480 e. The van der Waals surface area contributed by atoms with Gasteiger partial charge in [-0.15, -0.1) is 0 Å². The van der Waals surface area contributed by atoms with Crippen molar-refractivity contribution < 1.29 is 29.1 Å². The number of nitrogens with zero attached hydrogens (tertiary/aromatic N) is 1. The molecule has 0 spiro atoms. The van der Waals surface area contributed by atoms with E-state index in [0.717, 1.165) is 4.90 Å². The number of hydrogen-bond donors (Lipinski definition) is 4. The van der Waals surface area contributed by atoms with Gasteiger partial charge >= 0.3 is 12.0 Å². The number of piperazine rings is 1. The summed E-state index contributed by atoms with van der Waals surface area (Å²) < 4.78 is 0. The van der Waals surface area contributed by atoms with Crippen molar-refractivity contribution in [3.8, 4) is 0 Å². The van der Waals surface area contributed by atoms with Crippen LogP contribution in [0.5, 0.6) is 0 Å². The molecular weight excluding hydrogens is 272 g/mol. The van der Waals surface area contributed by atoms with Gasteiger partial charge in [0.05, 0.1) is 0 Å². The lowest BCUT2D eigenvalue weighted by Gasteiger charge is -2.27. The predicted octanol–water partition coefficient (Wildman–Crippen LogP) is -2.63. The number of amides is 5. The summed E-state index contributed by atoms with van der Waals surface area (Å²) in [5.41, 5.74) is 4.90. The molecule has 5 N–H and O–H groups in total. The first-order chi connectivity index (χ1) is 9.29. The zero-order valence-electron chi connectivity index (χ0n) is 10.4. The van der Waals surface area contributed by atoms with E-state index in [1.807, 2.05) is 5.32 Å². The topological polar surface area (TPSA) is 159 Å². The van der Waals surface area contributed by atoms with Crippen LogP contribution in [0.2, 0.25) is 0 Å². The Morgan fingerprint density at radius 3 is 2.30 bits per heavy atom. The maximum atomic E-state index is 11.8. The number of rotatable bonds is 5. The fourth-order valence-corrected chi connectivity index (χ4v) is 1.57. The molecule has 5 amide bonds. The van der Waals surface area contributed by atoms with Crippen LogP contribution in [0.4, 0.5) is 4.79 Å². The van der Waals surface area contributed by atoms with Gasteiger partial charge in [-0.25, -0.2) is 9.59 Å². The van der Waals surface area contributed by atoms with Crippen molar-refractivity contribution in [3.05, 3.63) is 0 Å². The van der Waals surface area contributed by atoms with E-state index in [1.54, 1.807) is 0 Å². The normalized spacial score (nSPS) is 16.3. The second-order valence-corrected chi connectivity index (χ2v) is 4.17. The highest BCUT2D eigenvalue weighted by Gasteiger charge is 2.29. The Labute approximate surface area is 113 Å². The summed E-state index contributed by atoms with van der Waals surface area (Å²) in [6.45, 7) is -0.695. The van der Waals surface area contributed by atoms with Crippen LogP contribution in [0.15, 0.2) is 0 Å². The van der Waals surface area contributed by atoms with E-state index in [1.165, 1.54) is 0 Å². The molecule has 110 valence electrons. The van der Waals surface area contributed by atoms with Crippen molar-refractivity contribution in [3.63, 3.8) is 0 Å². The van der Waals surface area contributed by atoms with Gasteiger partial charge in [0.1, 0.15) is 19.1 Å². The molecule has 1 saturated heterocycles. The van der Waals surface area contributed by atoms with Crippen LogP contribution < -0.4 is 16.4 Å². The molecule has 20 heavy (non-hydrogen) atoms. The van der Waals surface area contributed by atoms with Crippen molar-refractivity contribution in [1.82, 2.24) is 15.5 Å². The molecule has 0 unspecified atom stereocenters. The average Bonchev–Trinajstić information content (AvgIpc) is 2.32. The smallest absolute Gasteiger partial charge is 0.326 e. The fourth-order valence-electron chi connectivity index (χ4n) is 1.57. The summed E-state index contributed by atoms with van der Waals surface area (Å²) in [5, 5.41) is 13.0. The molecule has 0 aromatic carbocycles. The molecule has 0 aliphatic carbocycles. The lowest BCUT2D eigenvalue weighted by Crippen LogP contribution is -2.57. The van der Waals surface area contributed by atoms with Crippen molar-refractivity contribution >= 4 is 29.7 Å². The van der Waals surface area contributed by atoms with Gasteiger partial charge in [-0.2, -0.15) is 0 Å². The highest BCUT2D eigenvalue weighted by atomic mass is 16.4. The monoisotopic (exact) mass is 286 g/mol. The van der Waals surface area contributed by atoms with E-state index < -0.39 is 35.8 Å².